The molecule has 0 saturated carbocycles. The second-order valence-corrected chi connectivity index (χ2v) is 6.82. The summed E-state index contributed by atoms with van der Waals surface area (Å²) in [5.74, 6) is 0.281. The van der Waals surface area contributed by atoms with Crippen molar-refractivity contribution in [3.8, 4) is 5.75 Å². The van der Waals surface area contributed by atoms with Gasteiger partial charge in [0.2, 0.25) is 0 Å². The number of nitrogen functional groups attached to an aromatic ring is 1. The normalized spacial score (nSPS) is 29.3. The van der Waals surface area contributed by atoms with Crippen LogP contribution in [-0.4, -0.2) is 54.8 Å². The standard InChI is InChI=1S/C16H22ClN3O3/c1-23-14-7-13(18)12(17)6-11(14)15(21)19-8-16(22)9-20-4-2-10(16)3-5-20/h6-7,10,22H,2-5,8-9,18H2,1H3,(H,19,21). The molecule has 0 spiro atoms. The third kappa shape index (κ3) is 3.11. The van der Waals surface area contributed by atoms with Crippen molar-refractivity contribution in [2.75, 3.05) is 39.0 Å². The molecule has 6 nitrogen and oxygen atoms in total. The Morgan fingerprint density at radius 2 is 2.22 bits per heavy atom. The molecule has 1 atom stereocenters. The van der Waals surface area contributed by atoms with Crippen molar-refractivity contribution in [2.45, 2.75) is 18.4 Å². The van der Waals surface area contributed by atoms with Crippen molar-refractivity contribution in [2.24, 2.45) is 5.92 Å². The van der Waals surface area contributed by atoms with E-state index in [9.17, 15) is 9.90 Å². The molecule has 0 aromatic heterocycles. The van der Waals surface area contributed by atoms with E-state index in [0.717, 1.165) is 25.9 Å². The van der Waals surface area contributed by atoms with E-state index in [4.69, 9.17) is 22.1 Å². The molecule has 3 fully saturated rings. The summed E-state index contributed by atoms with van der Waals surface area (Å²) in [7, 11) is 1.47. The number of ether oxygens (including phenoxy) is 1. The Balaban J connectivity index is 1.71. The fourth-order valence-electron chi connectivity index (χ4n) is 3.59. The van der Waals surface area contributed by atoms with Gasteiger partial charge in [0.15, 0.2) is 0 Å². The third-order valence-electron chi connectivity index (χ3n) is 4.96. The van der Waals surface area contributed by atoms with Gasteiger partial charge in [-0.2, -0.15) is 0 Å². The summed E-state index contributed by atoms with van der Waals surface area (Å²) in [5, 5.41) is 14.0. The Kier molecular flexibility index (Phi) is 4.40. The highest BCUT2D eigenvalue weighted by atomic mass is 35.5. The van der Waals surface area contributed by atoms with Crippen LogP contribution in [0.25, 0.3) is 0 Å². The molecule has 0 radical (unpaired) electrons. The molecule has 3 aliphatic heterocycles. The highest BCUT2D eigenvalue weighted by Gasteiger charge is 2.45. The number of aliphatic hydroxyl groups is 1. The van der Waals surface area contributed by atoms with Crippen molar-refractivity contribution >= 4 is 23.2 Å². The predicted octanol–water partition coefficient (Wildman–Crippen LogP) is 1.12. The lowest BCUT2D eigenvalue weighted by molar-refractivity contribution is -0.108. The number of carbonyl (C=O) groups is 1. The number of fused-ring (bicyclic) bond motifs is 3. The lowest BCUT2D eigenvalue weighted by Gasteiger charge is -2.50. The molecular weight excluding hydrogens is 318 g/mol. The number of amides is 1. The van der Waals surface area contributed by atoms with Gasteiger partial charge in [-0.15, -0.1) is 0 Å². The number of methoxy groups -OCH3 is 1. The monoisotopic (exact) mass is 339 g/mol. The zero-order valence-corrected chi connectivity index (χ0v) is 13.9. The largest absolute Gasteiger partial charge is 0.496 e. The smallest absolute Gasteiger partial charge is 0.255 e. The molecule has 3 heterocycles. The molecule has 1 unspecified atom stereocenters. The Labute approximate surface area is 140 Å². The van der Waals surface area contributed by atoms with Gasteiger partial charge in [-0.25, -0.2) is 0 Å². The summed E-state index contributed by atoms with van der Waals surface area (Å²) >= 11 is 6.00. The zero-order valence-electron chi connectivity index (χ0n) is 13.1. The second kappa shape index (κ2) is 6.19. The Hall–Kier alpha value is -1.50. The van der Waals surface area contributed by atoms with Crippen LogP contribution in [0, 0.1) is 5.92 Å². The van der Waals surface area contributed by atoms with Crippen molar-refractivity contribution in [3.63, 3.8) is 0 Å². The van der Waals surface area contributed by atoms with E-state index in [1.54, 1.807) is 0 Å². The van der Waals surface area contributed by atoms with E-state index < -0.39 is 5.60 Å². The van der Waals surface area contributed by atoms with Crippen molar-refractivity contribution in [1.29, 1.82) is 0 Å². The molecule has 0 aliphatic carbocycles. The summed E-state index contributed by atoms with van der Waals surface area (Å²) in [6.45, 7) is 2.89. The first kappa shape index (κ1) is 16.4. The van der Waals surface area contributed by atoms with Crippen LogP contribution in [0.5, 0.6) is 5.75 Å². The maximum absolute atomic E-state index is 12.5. The van der Waals surface area contributed by atoms with Gasteiger partial charge >= 0.3 is 0 Å². The average Bonchev–Trinajstić information content (AvgIpc) is 2.55. The molecule has 23 heavy (non-hydrogen) atoms. The number of hydrogen-bond donors (Lipinski definition) is 3. The summed E-state index contributed by atoms with van der Waals surface area (Å²) in [6, 6.07) is 3.02. The van der Waals surface area contributed by atoms with Gasteiger partial charge in [-0.1, -0.05) is 11.6 Å². The number of nitrogens with one attached hydrogen (secondary N) is 1. The number of hydrogen-bond acceptors (Lipinski definition) is 5. The third-order valence-corrected chi connectivity index (χ3v) is 5.29. The minimum Gasteiger partial charge on any atom is -0.496 e. The predicted molar refractivity (Wildman–Crippen MR) is 88.9 cm³/mol. The van der Waals surface area contributed by atoms with Crippen LogP contribution in [0.4, 0.5) is 5.69 Å². The molecule has 4 rings (SSSR count). The lowest BCUT2D eigenvalue weighted by Crippen LogP contribution is -2.63. The van der Waals surface area contributed by atoms with Crippen LogP contribution in [0.2, 0.25) is 5.02 Å². The number of nitrogens with zero attached hydrogens (tertiary/aromatic N) is 1. The van der Waals surface area contributed by atoms with E-state index in [1.165, 1.54) is 19.2 Å². The molecule has 2 bridgehead atoms. The van der Waals surface area contributed by atoms with Crippen LogP contribution in [0.15, 0.2) is 12.1 Å². The Bertz CT molecular complexity index is 617. The van der Waals surface area contributed by atoms with Gasteiger partial charge in [0.1, 0.15) is 5.75 Å². The molecular formula is C16H22ClN3O3. The van der Waals surface area contributed by atoms with Crippen LogP contribution in [-0.2, 0) is 0 Å². The fourth-order valence-corrected chi connectivity index (χ4v) is 3.75. The van der Waals surface area contributed by atoms with Gasteiger partial charge in [-0.05, 0) is 37.9 Å². The quantitative estimate of drug-likeness (QED) is 0.715. The second-order valence-electron chi connectivity index (χ2n) is 6.41. The maximum atomic E-state index is 12.5. The number of nitrogens with two attached hydrogens (primary N) is 1. The van der Waals surface area contributed by atoms with Gasteiger partial charge in [0, 0.05) is 19.2 Å². The number of carbonyl (C=O) groups excluding carboxylic acids is 1. The zero-order chi connectivity index (χ0) is 16.6. The van der Waals surface area contributed by atoms with Gasteiger partial charge in [0.25, 0.3) is 5.91 Å². The summed E-state index contributed by atoms with van der Waals surface area (Å²) in [4.78, 5) is 14.7. The average molecular weight is 340 g/mol. The topological polar surface area (TPSA) is 87.8 Å². The van der Waals surface area contributed by atoms with Crippen molar-refractivity contribution < 1.29 is 14.6 Å². The molecule has 3 aliphatic rings. The molecule has 3 saturated heterocycles. The number of piperidine rings is 3. The van der Waals surface area contributed by atoms with Gasteiger partial charge in [0.05, 0.1) is 29.0 Å². The van der Waals surface area contributed by atoms with Gasteiger partial charge < -0.3 is 25.8 Å². The molecule has 1 aromatic rings. The molecule has 4 N–H and O–H groups in total. The lowest BCUT2D eigenvalue weighted by atomic mass is 9.75. The van der Waals surface area contributed by atoms with E-state index in [1.807, 2.05) is 0 Å². The van der Waals surface area contributed by atoms with E-state index >= 15 is 0 Å². The highest BCUT2D eigenvalue weighted by molar-refractivity contribution is 6.33. The highest BCUT2D eigenvalue weighted by Crippen LogP contribution is 2.35. The Morgan fingerprint density at radius 3 is 2.78 bits per heavy atom. The van der Waals surface area contributed by atoms with Gasteiger partial charge in [-0.3, -0.25) is 4.79 Å². The van der Waals surface area contributed by atoms with Crippen molar-refractivity contribution in [3.05, 3.63) is 22.7 Å². The molecule has 126 valence electrons. The van der Waals surface area contributed by atoms with E-state index in [2.05, 4.69) is 10.2 Å². The number of rotatable bonds is 4. The first-order valence-electron chi connectivity index (χ1n) is 7.79. The van der Waals surface area contributed by atoms with E-state index in [-0.39, 0.29) is 18.4 Å². The molecule has 7 heteroatoms. The van der Waals surface area contributed by atoms with E-state index in [0.29, 0.717) is 28.6 Å². The number of benzene rings is 1. The van der Waals surface area contributed by atoms with Crippen LogP contribution >= 0.6 is 11.6 Å². The minimum absolute atomic E-state index is 0.220. The number of anilines is 1. The number of halogens is 1. The molecule has 1 aromatic carbocycles. The molecule has 1 amide bonds. The minimum atomic E-state index is -0.864. The van der Waals surface area contributed by atoms with Crippen LogP contribution in [0.1, 0.15) is 23.2 Å². The first-order chi connectivity index (χ1) is 10.9. The van der Waals surface area contributed by atoms with Crippen LogP contribution in [0.3, 0.4) is 0 Å². The maximum Gasteiger partial charge on any atom is 0.255 e. The summed E-state index contributed by atoms with van der Waals surface area (Å²) in [6.07, 6.45) is 1.95. The SMILES string of the molecule is COc1cc(N)c(Cl)cc1C(=O)NCC1(O)CN2CCC1CC2. The summed E-state index contributed by atoms with van der Waals surface area (Å²) < 4.78 is 5.20. The van der Waals surface area contributed by atoms with Crippen molar-refractivity contribution in [1.82, 2.24) is 10.2 Å². The van der Waals surface area contributed by atoms with Crippen LogP contribution < -0.4 is 15.8 Å². The first-order valence-corrected chi connectivity index (χ1v) is 8.16. The summed E-state index contributed by atoms with van der Waals surface area (Å²) in [5.41, 5.74) is 5.54. The fraction of sp³-hybridized carbons (Fsp3) is 0.562. The Morgan fingerprint density at radius 1 is 1.52 bits per heavy atom.